The minimum absolute atomic E-state index is 0.216. The standard InChI is InChI=1S/C22H30N4O.2C2HF3O2/c1-19-6-4-8-21(24-19)15-25-11-5-9-22(16-25)17-26(12-13-27-18-22)14-20-7-2-3-10-23-20;2*3-2(4,5)1(6)7/h2-4,6-8,10H,5,9,11-18H2,1H3;2*(H,6,7). The minimum Gasteiger partial charge on any atom is -0.475 e. The summed E-state index contributed by atoms with van der Waals surface area (Å²) in [5.74, 6) is -5.51. The van der Waals surface area contributed by atoms with Crippen LogP contribution < -0.4 is 0 Å². The number of likely N-dealkylation sites (tertiary alicyclic amines) is 1. The van der Waals surface area contributed by atoms with Gasteiger partial charge in [0.1, 0.15) is 0 Å². The van der Waals surface area contributed by atoms with E-state index in [-0.39, 0.29) is 5.41 Å². The maximum Gasteiger partial charge on any atom is 0.490 e. The van der Waals surface area contributed by atoms with Crippen LogP contribution in [0, 0.1) is 12.3 Å². The Balaban J connectivity index is 0.000000349. The molecule has 0 bridgehead atoms. The molecule has 1 unspecified atom stereocenters. The third kappa shape index (κ3) is 12.4. The van der Waals surface area contributed by atoms with E-state index in [1.54, 1.807) is 0 Å². The average molecular weight is 595 g/mol. The fourth-order valence-electron chi connectivity index (χ4n) is 4.55. The molecule has 1 spiro atoms. The SMILES string of the molecule is Cc1cccc(CN2CCCC3(COCCN(Cc4ccccn4)C3)C2)n1.O=C(O)C(F)(F)F.O=C(O)C(F)(F)F. The number of nitrogens with zero attached hydrogens (tertiary/aromatic N) is 4. The number of carbonyl (C=O) groups is 2. The van der Waals surface area contributed by atoms with Crippen LogP contribution in [0.5, 0.6) is 0 Å². The molecule has 228 valence electrons. The van der Waals surface area contributed by atoms with Crippen molar-refractivity contribution in [2.75, 3.05) is 39.4 Å². The predicted molar refractivity (Wildman–Crippen MR) is 134 cm³/mol. The van der Waals surface area contributed by atoms with Crippen molar-refractivity contribution < 1.29 is 50.9 Å². The Hall–Kier alpha value is -3.30. The highest BCUT2D eigenvalue weighted by molar-refractivity contribution is 5.73. The summed E-state index contributed by atoms with van der Waals surface area (Å²) in [6, 6.07) is 12.5. The molecule has 4 heterocycles. The van der Waals surface area contributed by atoms with Gasteiger partial charge in [0, 0.05) is 50.0 Å². The van der Waals surface area contributed by atoms with E-state index >= 15 is 0 Å². The van der Waals surface area contributed by atoms with Crippen molar-refractivity contribution in [2.24, 2.45) is 5.41 Å². The smallest absolute Gasteiger partial charge is 0.475 e. The zero-order valence-corrected chi connectivity index (χ0v) is 22.3. The van der Waals surface area contributed by atoms with Crippen molar-refractivity contribution >= 4 is 11.9 Å². The summed E-state index contributed by atoms with van der Waals surface area (Å²) in [7, 11) is 0. The molecule has 0 amide bonds. The number of halogens is 6. The molecule has 41 heavy (non-hydrogen) atoms. The maximum atomic E-state index is 10.6. The van der Waals surface area contributed by atoms with Crippen molar-refractivity contribution in [2.45, 2.75) is 45.2 Å². The van der Waals surface area contributed by atoms with E-state index in [2.05, 4.69) is 52.0 Å². The molecule has 9 nitrogen and oxygen atoms in total. The third-order valence-electron chi connectivity index (χ3n) is 6.19. The zero-order chi connectivity index (χ0) is 30.7. The lowest BCUT2D eigenvalue weighted by Gasteiger charge is -2.43. The summed E-state index contributed by atoms with van der Waals surface area (Å²) in [5, 5.41) is 14.2. The van der Waals surface area contributed by atoms with Crippen LogP contribution in [0.4, 0.5) is 26.3 Å². The molecule has 2 aliphatic heterocycles. The Morgan fingerprint density at radius 3 is 2.00 bits per heavy atom. The molecule has 2 aromatic heterocycles. The fraction of sp³-hybridized carbons (Fsp3) is 0.538. The summed E-state index contributed by atoms with van der Waals surface area (Å²) in [6.45, 7) is 9.89. The lowest BCUT2D eigenvalue weighted by molar-refractivity contribution is -0.193. The van der Waals surface area contributed by atoms with Gasteiger partial charge in [0.15, 0.2) is 0 Å². The van der Waals surface area contributed by atoms with Crippen molar-refractivity contribution in [3.8, 4) is 0 Å². The van der Waals surface area contributed by atoms with Crippen LogP contribution in [0.15, 0.2) is 42.6 Å². The number of pyridine rings is 2. The Morgan fingerprint density at radius 2 is 1.46 bits per heavy atom. The first-order valence-corrected chi connectivity index (χ1v) is 12.5. The number of hydrogen-bond acceptors (Lipinski definition) is 7. The topological polar surface area (TPSA) is 116 Å². The number of rotatable bonds is 4. The van der Waals surface area contributed by atoms with Crippen LogP contribution in [0.1, 0.15) is 29.9 Å². The molecule has 1 atom stereocenters. The number of carboxylic acid groups (broad SMARTS) is 2. The van der Waals surface area contributed by atoms with Crippen molar-refractivity contribution in [1.82, 2.24) is 19.8 Å². The van der Waals surface area contributed by atoms with Gasteiger partial charge < -0.3 is 14.9 Å². The molecule has 0 aliphatic carbocycles. The number of piperidine rings is 1. The van der Waals surface area contributed by atoms with Gasteiger partial charge in [0.05, 0.1) is 24.6 Å². The highest BCUT2D eigenvalue weighted by Crippen LogP contribution is 2.34. The number of hydrogen-bond donors (Lipinski definition) is 2. The lowest BCUT2D eigenvalue weighted by atomic mass is 9.80. The van der Waals surface area contributed by atoms with Gasteiger partial charge in [-0.1, -0.05) is 12.1 Å². The summed E-state index contributed by atoms with van der Waals surface area (Å²) >= 11 is 0. The van der Waals surface area contributed by atoms with Crippen LogP contribution in [0.2, 0.25) is 0 Å². The molecule has 0 radical (unpaired) electrons. The highest BCUT2D eigenvalue weighted by Gasteiger charge is 2.40. The van der Waals surface area contributed by atoms with Gasteiger partial charge in [-0.15, -0.1) is 0 Å². The summed E-state index contributed by atoms with van der Waals surface area (Å²) in [4.78, 5) is 32.1. The van der Waals surface area contributed by atoms with Gasteiger partial charge in [0.25, 0.3) is 0 Å². The Bertz CT molecular complexity index is 1100. The number of carboxylic acids is 2. The molecule has 15 heteroatoms. The van der Waals surface area contributed by atoms with Crippen LogP contribution >= 0.6 is 0 Å². The van der Waals surface area contributed by atoms with Gasteiger partial charge in [0.2, 0.25) is 0 Å². The third-order valence-corrected chi connectivity index (χ3v) is 6.19. The van der Waals surface area contributed by atoms with Gasteiger partial charge in [-0.2, -0.15) is 26.3 Å². The Morgan fingerprint density at radius 1 is 0.902 bits per heavy atom. The Kier molecular flexibility index (Phi) is 12.5. The average Bonchev–Trinajstić information content (AvgIpc) is 3.06. The Labute approximate surface area is 232 Å². The van der Waals surface area contributed by atoms with Crippen LogP contribution in [-0.4, -0.2) is 93.7 Å². The predicted octanol–water partition coefficient (Wildman–Crippen LogP) is 4.17. The molecule has 0 aromatic carbocycles. The second-order valence-corrected chi connectivity index (χ2v) is 9.77. The van der Waals surface area contributed by atoms with E-state index in [0.717, 1.165) is 63.9 Å². The fourth-order valence-corrected chi connectivity index (χ4v) is 4.55. The van der Waals surface area contributed by atoms with E-state index in [1.807, 2.05) is 12.3 Å². The van der Waals surface area contributed by atoms with Gasteiger partial charge in [-0.05, 0) is 50.6 Å². The van der Waals surface area contributed by atoms with Crippen molar-refractivity contribution in [3.63, 3.8) is 0 Å². The normalized spacial score (nSPS) is 20.2. The van der Waals surface area contributed by atoms with Crippen molar-refractivity contribution in [3.05, 3.63) is 59.7 Å². The van der Waals surface area contributed by atoms with Crippen LogP contribution in [-0.2, 0) is 27.4 Å². The van der Waals surface area contributed by atoms with E-state index in [1.165, 1.54) is 18.5 Å². The molecule has 2 fully saturated rings. The number of aromatic nitrogens is 2. The lowest BCUT2D eigenvalue weighted by Crippen LogP contribution is -2.50. The van der Waals surface area contributed by atoms with Gasteiger partial charge >= 0.3 is 24.3 Å². The van der Waals surface area contributed by atoms with Crippen molar-refractivity contribution in [1.29, 1.82) is 0 Å². The van der Waals surface area contributed by atoms with Crippen LogP contribution in [0.25, 0.3) is 0 Å². The van der Waals surface area contributed by atoms with Gasteiger partial charge in [-0.3, -0.25) is 19.8 Å². The number of alkyl halides is 6. The molecule has 4 rings (SSSR count). The molecule has 0 saturated carbocycles. The molecular formula is C26H32F6N4O5. The minimum atomic E-state index is -5.08. The first-order chi connectivity index (χ1) is 19.1. The zero-order valence-electron chi connectivity index (χ0n) is 22.3. The second-order valence-electron chi connectivity index (χ2n) is 9.77. The molecule has 2 aliphatic rings. The number of aliphatic carboxylic acids is 2. The monoisotopic (exact) mass is 594 g/mol. The van der Waals surface area contributed by atoms with E-state index < -0.39 is 24.3 Å². The summed E-state index contributed by atoms with van der Waals surface area (Å²) in [6.07, 6.45) is -5.81. The van der Waals surface area contributed by atoms with E-state index in [4.69, 9.17) is 29.5 Å². The molecule has 2 N–H and O–H groups in total. The molecule has 2 saturated heterocycles. The quantitative estimate of drug-likeness (QED) is 0.504. The van der Waals surface area contributed by atoms with E-state index in [9.17, 15) is 26.3 Å². The molecular weight excluding hydrogens is 562 g/mol. The maximum absolute atomic E-state index is 10.6. The second kappa shape index (κ2) is 15.1. The summed E-state index contributed by atoms with van der Waals surface area (Å²) < 4.78 is 69.5. The van der Waals surface area contributed by atoms with E-state index in [0.29, 0.717) is 0 Å². The number of ether oxygens (including phenoxy) is 1. The summed E-state index contributed by atoms with van der Waals surface area (Å²) in [5.41, 5.74) is 3.63. The van der Waals surface area contributed by atoms with Crippen LogP contribution in [0.3, 0.4) is 0 Å². The largest absolute Gasteiger partial charge is 0.490 e. The highest BCUT2D eigenvalue weighted by atomic mass is 19.4. The first kappa shape index (κ1) is 33.9. The van der Waals surface area contributed by atoms with Gasteiger partial charge in [-0.25, -0.2) is 9.59 Å². The molecule has 2 aromatic rings. The first-order valence-electron chi connectivity index (χ1n) is 12.5. The number of aryl methyl sites for hydroxylation is 1.